The first-order chi connectivity index (χ1) is 11.5. The molecule has 0 atom stereocenters. The molecule has 0 aliphatic carbocycles. The molecule has 3 rings (SSSR count). The van der Waals surface area contributed by atoms with Crippen molar-refractivity contribution in [2.45, 2.75) is 6.36 Å². The van der Waals surface area contributed by atoms with Gasteiger partial charge in [-0.25, -0.2) is 9.97 Å². The Kier molecular flexibility index (Phi) is 4.70. The highest BCUT2D eigenvalue weighted by Gasteiger charge is 2.32. The third-order valence-electron chi connectivity index (χ3n) is 3.36. The van der Waals surface area contributed by atoms with Gasteiger partial charge in [-0.1, -0.05) is 12.1 Å². The predicted octanol–water partition coefficient (Wildman–Crippen LogP) is 2.96. The average Bonchev–Trinajstić information content (AvgIpc) is 2.56. The summed E-state index contributed by atoms with van der Waals surface area (Å²) in [6.45, 7) is 2.61. The second kappa shape index (κ2) is 6.91. The largest absolute Gasteiger partial charge is 0.573 e. The maximum Gasteiger partial charge on any atom is 0.573 e. The Balaban J connectivity index is 1.79. The molecule has 2 aromatic rings. The van der Waals surface area contributed by atoms with E-state index in [1.165, 1.54) is 24.5 Å². The smallest absolute Gasteiger partial charge is 0.404 e. The predicted molar refractivity (Wildman–Crippen MR) is 81.5 cm³/mol. The molecule has 9 heteroatoms. The number of nitrogens with one attached hydrogen (secondary N) is 1. The molecule has 1 saturated heterocycles. The van der Waals surface area contributed by atoms with Gasteiger partial charge in [0.1, 0.15) is 18.0 Å². The molecule has 1 aliphatic rings. The van der Waals surface area contributed by atoms with Gasteiger partial charge in [-0.3, -0.25) is 0 Å². The molecule has 1 aromatic heterocycles. The average molecular weight is 340 g/mol. The summed E-state index contributed by atoms with van der Waals surface area (Å²) < 4.78 is 46.7. The van der Waals surface area contributed by atoms with Crippen LogP contribution in [0.3, 0.4) is 0 Å². The second-order valence-corrected chi connectivity index (χ2v) is 5.03. The summed E-state index contributed by atoms with van der Waals surface area (Å²) in [5, 5.41) is 2.84. The standard InChI is InChI=1S/C15H15F3N4O2/c16-15(17,18)24-12-4-2-1-3-11(12)21-13-9-14(20-10-19-13)22-5-7-23-8-6-22/h1-4,9-10H,5-8H2,(H,19,20,21). The van der Waals surface area contributed by atoms with Crippen molar-refractivity contribution in [3.05, 3.63) is 36.7 Å². The molecule has 2 heterocycles. The van der Waals surface area contributed by atoms with E-state index in [1.54, 1.807) is 12.1 Å². The number of rotatable bonds is 4. The lowest BCUT2D eigenvalue weighted by Gasteiger charge is -2.27. The van der Waals surface area contributed by atoms with Crippen molar-refractivity contribution >= 4 is 17.3 Å². The minimum atomic E-state index is -4.76. The van der Waals surface area contributed by atoms with Crippen molar-refractivity contribution in [3.8, 4) is 5.75 Å². The van der Waals surface area contributed by atoms with Crippen LogP contribution in [0.15, 0.2) is 36.7 Å². The van der Waals surface area contributed by atoms with Crippen LogP contribution in [0.25, 0.3) is 0 Å². The van der Waals surface area contributed by atoms with Crippen LogP contribution in [0.4, 0.5) is 30.5 Å². The zero-order valence-electron chi connectivity index (χ0n) is 12.6. The van der Waals surface area contributed by atoms with Gasteiger partial charge in [-0.15, -0.1) is 13.2 Å². The van der Waals surface area contributed by atoms with Gasteiger partial charge >= 0.3 is 6.36 Å². The van der Waals surface area contributed by atoms with Crippen molar-refractivity contribution < 1.29 is 22.6 Å². The molecule has 24 heavy (non-hydrogen) atoms. The molecule has 0 amide bonds. The Morgan fingerprint density at radius 3 is 2.62 bits per heavy atom. The van der Waals surface area contributed by atoms with Gasteiger partial charge in [0, 0.05) is 19.2 Å². The van der Waals surface area contributed by atoms with E-state index in [9.17, 15) is 13.2 Å². The lowest BCUT2D eigenvalue weighted by Crippen LogP contribution is -2.36. The van der Waals surface area contributed by atoms with Crippen molar-refractivity contribution in [1.29, 1.82) is 0 Å². The Hall–Kier alpha value is -2.55. The second-order valence-electron chi connectivity index (χ2n) is 5.03. The number of hydrogen-bond acceptors (Lipinski definition) is 6. The molecule has 1 N–H and O–H groups in total. The van der Waals surface area contributed by atoms with E-state index < -0.39 is 6.36 Å². The summed E-state index contributed by atoms with van der Waals surface area (Å²) in [5.74, 6) is 0.742. The Morgan fingerprint density at radius 1 is 1.12 bits per heavy atom. The third-order valence-corrected chi connectivity index (χ3v) is 3.36. The topological polar surface area (TPSA) is 59.5 Å². The zero-order valence-corrected chi connectivity index (χ0v) is 12.6. The highest BCUT2D eigenvalue weighted by Crippen LogP contribution is 2.32. The van der Waals surface area contributed by atoms with Crippen LogP contribution in [-0.2, 0) is 4.74 Å². The Morgan fingerprint density at radius 2 is 1.88 bits per heavy atom. The lowest BCUT2D eigenvalue weighted by molar-refractivity contribution is -0.274. The summed E-state index contributed by atoms with van der Waals surface area (Å²) in [6.07, 6.45) is -3.40. The van der Waals surface area contributed by atoms with Crippen LogP contribution in [0.5, 0.6) is 5.75 Å². The van der Waals surface area contributed by atoms with Gasteiger partial charge in [0.25, 0.3) is 0 Å². The van der Waals surface area contributed by atoms with Crippen LogP contribution in [0, 0.1) is 0 Å². The zero-order chi connectivity index (χ0) is 17.0. The van der Waals surface area contributed by atoms with Crippen LogP contribution < -0.4 is 15.0 Å². The molecule has 1 fully saturated rings. The van der Waals surface area contributed by atoms with Gasteiger partial charge in [-0.2, -0.15) is 0 Å². The minimum Gasteiger partial charge on any atom is -0.404 e. The number of benzene rings is 1. The van der Waals surface area contributed by atoms with Crippen molar-refractivity contribution in [2.24, 2.45) is 0 Å². The summed E-state index contributed by atoms with van der Waals surface area (Å²) >= 11 is 0. The third kappa shape index (κ3) is 4.25. The molecule has 0 saturated carbocycles. The van der Waals surface area contributed by atoms with E-state index in [1.807, 2.05) is 4.90 Å². The van der Waals surface area contributed by atoms with Crippen molar-refractivity contribution in [3.63, 3.8) is 0 Å². The van der Waals surface area contributed by atoms with Crippen molar-refractivity contribution in [2.75, 3.05) is 36.5 Å². The van der Waals surface area contributed by atoms with Gasteiger partial charge in [0.15, 0.2) is 5.75 Å². The maximum atomic E-state index is 12.5. The number of alkyl halides is 3. The van der Waals surface area contributed by atoms with E-state index in [0.717, 1.165) is 0 Å². The molecular formula is C15H15F3N4O2. The normalized spacial score (nSPS) is 15.2. The maximum absolute atomic E-state index is 12.5. The summed E-state index contributed by atoms with van der Waals surface area (Å²) in [6, 6.07) is 7.47. The fraction of sp³-hybridized carbons (Fsp3) is 0.333. The molecule has 0 unspecified atom stereocenters. The quantitative estimate of drug-likeness (QED) is 0.923. The van der Waals surface area contributed by atoms with Crippen LogP contribution in [-0.4, -0.2) is 42.6 Å². The number of ether oxygens (including phenoxy) is 2. The number of hydrogen-bond donors (Lipinski definition) is 1. The molecule has 128 valence electrons. The van der Waals surface area contributed by atoms with Gasteiger partial charge in [0.05, 0.1) is 18.9 Å². The van der Waals surface area contributed by atoms with Crippen LogP contribution in [0.1, 0.15) is 0 Å². The monoisotopic (exact) mass is 340 g/mol. The number of anilines is 3. The SMILES string of the molecule is FC(F)(F)Oc1ccccc1Nc1cc(N2CCOCC2)ncn1. The fourth-order valence-electron chi connectivity index (χ4n) is 2.30. The fourth-order valence-corrected chi connectivity index (χ4v) is 2.30. The molecule has 1 aromatic carbocycles. The first-order valence-corrected chi connectivity index (χ1v) is 7.28. The number of para-hydroxylation sites is 2. The minimum absolute atomic E-state index is 0.168. The van der Waals surface area contributed by atoms with Crippen LogP contribution >= 0.6 is 0 Å². The van der Waals surface area contributed by atoms with E-state index in [4.69, 9.17) is 4.74 Å². The summed E-state index contributed by atoms with van der Waals surface area (Å²) in [4.78, 5) is 10.3. The van der Waals surface area contributed by atoms with E-state index >= 15 is 0 Å². The van der Waals surface area contributed by atoms with Gasteiger partial charge in [-0.05, 0) is 12.1 Å². The van der Waals surface area contributed by atoms with E-state index in [2.05, 4.69) is 20.0 Å². The summed E-state index contributed by atoms with van der Waals surface area (Å²) in [7, 11) is 0. The molecule has 1 aliphatic heterocycles. The molecule has 0 spiro atoms. The number of nitrogens with zero attached hydrogens (tertiary/aromatic N) is 3. The first kappa shape index (κ1) is 16.3. The molecular weight excluding hydrogens is 325 g/mol. The molecule has 6 nitrogen and oxygen atoms in total. The van der Waals surface area contributed by atoms with E-state index in [-0.39, 0.29) is 11.4 Å². The number of aromatic nitrogens is 2. The van der Waals surface area contributed by atoms with Gasteiger partial charge in [0.2, 0.25) is 0 Å². The number of morpholine rings is 1. The Bertz CT molecular complexity index is 690. The summed E-state index contributed by atoms with van der Waals surface area (Å²) in [5.41, 5.74) is 0.168. The Labute approximate surface area is 136 Å². The highest BCUT2D eigenvalue weighted by molar-refractivity contribution is 5.65. The number of halogens is 3. The first-order valence-electron chi connectivity index (χ1n) is 7.28. The highest BCUT2D eigenvalue weighted by atomic mass is 19.4. The molecule has 0 radical (unpaired) electrons. The van der Waals surface area contributed by atoms with Crippen LogP contribution in [0.2, 0.25) is 0 Å². The molecule has 0 bridgehead atoms. The van der Waals surface area contributed by atoms with Crippen molar-refractivity contribution in [1.82, 2.24) is 9.97 Å². The lowest BCUT2D eigenvalue weighted by atomic mass is 10.3. The van der Waals surface area contributed by atoms with E-state index in [0.29, 0.717) is 37.9 Å². The van der Waals surface area contributed by atoms with Gasteiger partial charge < -0.3 is 19.7 Å².